The molecule has 0 atom stereocenters. The first kappa shape index (κ1) is 27.6. The second-order valence-corrected chi connectivity index (χ2v) is 6.52. The fraction of sp³-hybridized carbons (Fsp3) is 0.714. The first-order valence-electron chi connectivity index (χ1n) is 10.1. The van der Waals surface area contributed by atoms with Gasteiger partial charge in [0.25, 0.3) is 0 Å². The number of rotatable bonds is 14. The molecule has 0 aromatic heterocycles. The van der Waals surface area contributed by atoms with Crippen molar-refractivity contribution in [1.82, 2.24) is 9.80 Å². The van der Waals surface area contributed by atoms with Gasteiger partial charge >= 0.3 is 0 Å². The Hall–Kier alpha value is -1.66. The van der Waals surface area contributed by atoms with E-state index in [1.54, 1.807) is 6.92 Å². The number of unbranched alkanes of at least 4 members (excludes halogenated alkanes) is 1. The molecule has 2 amide bonds. The van der Waals surface area contributed by atoms with Gasteiger partial charge in [-0.2, -0.15) is 0 Å². The van der Waals surface area contributed by atoms with Crippen molar-refractivity contribution in [3.05, 3.63) is 23.8 Å². The Balaban J connectivity index is 0. The quantitative estimate of drug-likeness (QED) is 0.357. The maximum absolute atomic E-state index is 10.7. The van der Waals surface area contributed by atoms with Gasteiger partial charge in [-0.3, -0.25) is 9.59 Å². The van der Waals surface area contributed by atoms with Gasteiger partial charge in [-0.1, -0.05) is 40.3 Å². The molecule has 158 valence electrons. The molecule has 0 unspecified atom stereocenters. The number of primary amides is 2. The van der Waals surface area contributed by atoms with Crippen LogP contribution in [0.5, 0.6) is 0 Å². The Morgan fingerprint density at radius 3 is 1.67 bits per heavy atom. The fourth-order valence-electron chi connectivity index (χ4n) is 2.45. The molecule has 0 radical (unpaired) electrons. The zero-order chi connectivity index (χ0) is 21.2. The summed E-state index contributed by atoms with van der Waals surface area (Å²) in [7, 11) is 0. The van der Waals surface area contributed by atoms with Crippen LogP contribution in [0.2, 0.25) is 0 Å². The summed E-state index contributed by atoms with van der Waals surface area (Å²) in [5.41, 5.74) is 11.4. The molecule has 6 heteroatoms. The predicted molar refractivity (Wildman–Crippen MR) is 115 cm³/mol. The van der Waals surface area contributed by atoms with Crippen LogP contribution in [0.4, 0.5) is 0 Å². The van der Waals surface area contributed by atoms with Gasteiger partial charge in [0.2, 0.25) is 11.8 Å². The molecule has 4 N–H and O–H groups in total. The number of allylic oxidation sites excluding steroid dienone is 1. The molecule has 0 rings (SSSR count). The zero-order valence-corrected chi connectivity index (χ0v) is 18.2. The fourth-order valence-corrected chi connectivity index (χ4v) is 2.45. The number of nitrogens with zero attached hydrogens (tertiary/aromatic N) is 2. The van der Waals surface area contributed by atoms with Gasteiger partial charge in [-0.25, -0.2) is 0 Å². The van der Waals surface area contributed by atoms with Crippen molar-refractivity contribution in [1.29, 1.82) is 0 Å². The largest absolute Gasteiger partial charge is 0.366 e. The Morgan fingerprint density at radius 2 is 1.30 bits per heavy atom. The van der Waals surface area contributed by atoms with Crippen molar-refractivity contribution in [2.24, 2.45) is 11.5 Å². The van der Waals surface area contributed by atoms with E-state index in [-0.39, 0.29) is 11.8 Å². The molecular weight excluding hydrogens is 340 g/mol. The molecule has 27 heavy (non-hydrogen) atoms. The van der Waals surface area contributed by atoms with Gasteiger partial charge in [-0.05, 0) is 71.9 Å². The standard InChI is InChI=1S/C11H22N2O.C10H20N2O/c1-4-13(5-2)9-7-6-8-10(3)11(12)14;1-4-12(5-2)8-6-7-9(3)10(11)13/h8H,4-7,9H2,1-3H3,(H2,12,14);3-8H2,1-2H3,(H2,11,13). The van der Waals surface area contributed by atoms with E-state index in [4.69, 9.17) is 11.5 Å². The first-order chi connectivity index (χ1) is 12.7. The van der Waals surface area contributed by atoms with Gasteiger partial charge in [0, 0.05) is 11.1 Å². The predicted octanol–water partition coefficient (Wildman–Crippen LogP) is 2.69. The van der Waals surface area contributed by atoms with Crippen molar-refractivity contribution in [3.8, 4) is 0 Å². The number of carbonyl (C=O) groups excluding carboxylic acids is 2. The molecule has 0 fully saturated rings. The van der Waals surface area contributed by atoms with Crippen molar-refractivity contribution in [2.75, 3.05) is 39.3 Å². The van der Waals surface area contributed by atoms with Crippen LogP contribution >= 0.6 is 0 Å². The minimum Gasteiger partial charge on any atom is -0.366 e. The number of hydrogen-bond acceptors (Lipinski definition) is 4. The summed E-state index contributed by atoms with van der Waals surface area (Å²) in [6.07, 6.45) is 5.62. The Labute approximate surface area is 166 Å². The minimum absolute atomic E-state index is 0.312. The lowest BCUT2D eigenvalue weighted by Gasteiger charge is -2.17. The van der Waals surface area contributed by atoms with E-state index >= 15 is 0 Å². The smallest absolute Gasteiger partial charge is 0.244 e. The third kappa shape index (κ3) is 16.3. The highest BCUT2D eigenvalue weighted by molar-refractivity contribution is 5.91. The lowest BCUT2D eigenvalue weighted by atomic mass is 10.1. The van der Waals surface area contributed by atoms with Crippen molar-refractivity contribution >= 4 is 11.8 Å². The van der Waals surface area contributed by atoms with Crippen LogP contribution in [0.3, 0.4) is 0 Å². The number of amides is 2. The van der Waals surface area contributed by atoms with E-state index < -0.39 is 0 Å². The van der Waals surface area contributed by atoms with Gasteiger partial charge in [-0.15, -0.1) is 0 Å². The molecule has 0 saturated carbocycles. The van der Waals surface area contributed by atoms with Crippen LogP contribution in [-0.4, -0.2) is 60.9 Å². The molecule has 0 aliphatic heterocycles. The van der Waals surface area contributed by atoms with E-state index in [2.05, 4.69) is 44.1 Å². The van der Waals surface area contributed by atoms with E-state index in [1.807, 2.05) is 6.08 Å². The number of hydrogen-bond donors (Lipinski definition) is 2. The van der Waals surface area contributed by atoms with Crippen LogP contribution in [0.25, 0.3) is 0 Å². The maximum Gasteiger partial charge on any atom is 0.244 e. The maximum atomic E-state index is 10.7. The highest BCUT2D eigenvalue weighted by Crippen LogP contribution is 2.03. The Kier molecular flexibility index (Phi) is 18.1. The lowest BCUT2D eigenvalue weighted by Crippen LogP contribution is -2.24. The van der Waals surface area contributed by atoms with Crippen LogP contribution in [-0.2, 0) is 9.59 Å². The van der Waals surface area contributed by atoms with E-state index in [9.17, 15) is 9.59 Å². The molecule has 6 nitrogen and oxygen atoms in total. The summed E-state index contributed by atoms with van der Waals surface area (Å²) >= 11 is 0. The first-order valence-corrected chi connectivity index (χ1v) is 10.1. The molecule has 0 saturated heterocycles. The zero-order valence-electron chi connectivity index (χ0n) is 18.2. The SMILES string of the molecule is C=C(CCCN(CC)CC)C(N)=O.CCN(CC)CCCC=C(C)C(N)=O. The van der Waals surface area contributed by atoms with E-state index in [1.165, 1.54) is 0 Å². The van der Waals surface area contributed by atoms with Crippen LogP contribution < -0.4 is 11.5 Å². The van der Waals surface area contributed by atoms with Crippen LogP contribution in [0, 0.1) is 0 Å². The molecule has 0 heterocycles. The Bertz CT molecular complexity index is 453. The van der Waals surface area contributed by atoms with Gasteiger partial charge in [0.1, 0.15) is 0 Å². The third-order valence-corrected chi connectivity index (χ3v) is 4.61. The van der Waals surface area contributed by atoms with Crippen molar-refractivity contribution < 1.29 is 9.59 Å². The monoisotopic (exact) mass is 382 g/mol. The summed E-state index contributed by atoms with van der Waals surface area (Å²) in [5.74, 6) is -0.688. The summed E-state index contributed by atoms with van der Waals surface area (Å²) < 4.78 is 0. The van der Waals surface area contributed by atoms with Crippen molar-refractivity contribution in [3.63, 3.8) is 0 Å². The number of nitrogens with two attached hydrogens (primary N) is 2. The molecule has 0 aliphatic rings. The van der Waals surface area contributed by atoms with E-state index in [0.717, 1.165) is 58.5 Å². The Morgan fingerprint density at radius 1 is 0.852 bits per heavy atom. The van der Waals surface area contributed by atoms with Crippen molar-refractivity contribution in [2.45, 2.75) is 60.3 Å². The molecule has 0 spiro atoms. The molecule has 0 aromatic rings. The van der Waals surface area contributed by atoms with Gasteiger partial charge in [0.05, 0.1) is 0 Å². The average Bonchev–Trinajstić information content (AvgIpc) is 2.65. The van der Waals surface area contributed by atoms with E-state index in [0.29, 0.717) is 17.6 Å². The molecular formula is C21H42N4O2. The highest BCUT2D eigenvalue weighted by atomic mass is 16.1. The molecule has 0 bridgehead atoms. The second kappa shape index (κ2) is 17.7. The van der Waals surface area contributed by atoms with Crippen LogP contribution in [0.1, 0.15) is 60.3 Å². The highest BCUT2D eigenvalue weighted by Gasteiger charge is 2.03. The second-order valence-electron chi connectivity index (χ2n) is 6.52. The molecule has 0 aromatic carbocycles. The summed E-state index contributed by atoms with van der Waals surface area (Å²) in [6, 6.07) is 0. The van der Waals surface area contributed by atoms with Gasteiger partial charge in [0.15, 0.2) is 0 Å². The average molecular weight is 383 g/mol. The minimum atomic E-state index is -0.375. The summed E-state index contributed by atoms with van der Waals surface area (Å²) in [4.78, 5) is 26.0. The summed E-state index contributed by atoms with van der Waals surface area (Å²) in [6.45, 7) is 20.4. The van der Waals surface area contributed by atoms with Gasteiger partial charge < -0.3 is 21.3 Å². The normalized spacial score (nSPS) is 11.3. The summed E-state index contributed by atoms with van der Waals surface area (Å²) in [5, 5.41) is 0. The third-order valence-electron chi connectivity index (χ3n) is 4.61. The molecule has 0 aliphatic carbocycles. The number of carbonyl (C=O) groups is 2. The topological polar surface area (TPSA) is 92.7 Å². The van der Waals surface area contributed by atoms with Crippen LogP contribution in [0.15, 0.2) is 23.8 Å². The lowest BCUT2D eigenvalue weighted by molar-refractivity contribution is -0.115.